The number of rotatable bonds is 3. The molecule has 5 heteroatoms. The van der Waals surface area contributed by atoms with Crippen LogP contribution >= 0.6 is 22.6 Å². The van der Waals surface area contributed by atoms with E-state index in [0.717, 1.165) is 9.09 Å². The van der Waals surface area contributed by atoms with E-state index in [2.05, 4.69) is 27.6 Å². The van der Waals surface area contributed by atoms with Crippen LogP contribution in [0.3, 0.4) is 0 Å². The molecule has 1 aromatic heterocycles. The summed E-state index contributed by atoms with van der Waals surface area (Å²) in [5.41, 5.74) is 0.530. The highest BCUT2D eigenvalue weighted by Gasteiger charge is 2.10. The first-order valence-electron chi connectivity index (χ1n) is 6.15. The van der Waals surface area contributed by atoms with Gasteiger partial charge in [-0.1, -0.05) is 0 Å². The average Bonchev–Trinajstić information content (AvgIpc) is 2.31. The molecule has 0 bridgehead atoms. The van der Waals surface area contributed by atoms with Gasteiger partial charge in [-0.05, 0) is 61.6 Å². The van der Waals surface area contributed by atoms with E-state index in [0.29, 0.717) is 18.5 Å². The van der Waals surface area contributed by atoms with Gasteiger partial charge in [-0.15, -0.1) is 0 Å². The largest absolute Gasteiger partial charge is 0.374 e. The van der Waals surface area contributed by atoms with E-state index >= 15 is 0 Å². The number of fused-ring (bicyclic) bond motifs is 1. The van der Waals surface area contributed by atoms with Gasteiger partial charge in [0.05, 0.1) is 36.0 Å². The Bertz CT molecular complexity index is 644. The lowest BCUT2D eigenvalue weighted by Gasteiger charge is -2.19. The minimum Gasteiger partial charge on any atom is -0.374 e. The standard InChI is InChI=1S/C14H17IN2O2/c1-14(2,3)19-7-6-17-9-16-12-5-4-10(15)8-11(12)13(17)18/h4-5,8-9H,6-7H2,1-3H3. The van der Waals surface area contributed by atoms with Crippen molar-refractivity contribution in [1.29, 1.82) is 0 Å². The maximum absolute atomic E-state index is 12.3. The van der Waals surface area contributed by atoms with Crippen molar-refractivity contribution in [2.75, 3.05) is 6.61 Å². The Morgan fingerprint density at radius 3 is 2.79 bits per heavy atom. The summed E-state index contributed by atoms with van der Waals surface area (Å²) in [4.78, 5) is 16.6. The molecule has 0 spiro atoms. The number of ether oxygens (including phenoxy) is 1. The Hall–Kier alpha value is -0.950. The fourth-order valence-corrected chi connectivity index (χ4v) is 2.23. The van der Waals surface area contributed by atoms with Gasteiger partial charge in [0.1, 0.15) is 0 Å². The molecule has 1 heterocycles. The summed E-state index contributed by atoms with van der Waals surface area (Å²) in [5, 5.41) is 0.658. The molecule has 2 aromatic rings. The van der Waals surface area contributed by atoms with Gasteiger partial charge >= 0.3 is 0 Å². The van der Waals surface area contributed by atoms with Crippen LogP contribution in [0.5, 0.6) is 0 Å². The molecule has 0 radical (unpaired) electrons. The quantitative estimate of drug-likeness (QED) is 0.779. The molecule has 0 fully saturated rings. The highest BCUT2D eigenvalue weighted by atomic mass is 127. The molecular formula is C14H17IN2O2. The number of hydrogen-bond donors (Lipinski definition) is 0. The van der Waals surface area contributed by atoms with Gasteiger partial charge in [-0.3, -0.25) is 9.36 Å². The zero-order valence-electron chi connectivity index (χ0n) is 11.3. The van der Waals surface area contributed by atoms with Crippen molar-refractivity contribution < 1.29 is 4.74 Å². The minimum absolute atomic E-state index is 0.0129. The second-order valence-corrected chi connectivity index (χ2v) is 6.61. The SMILES string of the molecule is CC(C)(C)OCCn1cnc2ccc(I)cc2c1=O. The molecule has 0 amide bonds. The maximum Gasteiger partial charge on any atom is 0.261 e. The first-order valence-corrected chi connectivity index (χ1v) is 7.23. The summed E-state index contributed by atoms with van der Waals surface area (Å²) < 4.78 is 8.27. The fourth-order valence-electron chi connectivity index (χ4n) is 1.74. The summed E-state index contributed by atoms with van der Waals surface area (Å²) in [5.74, 6) is 0. The van der Waals surface area contributed by atoms with Crippen LogP contribution in [0.2, 0.25) is 0 Å². The van der Waals surface area contributed by atoms with Crippen molar-refractivity contribution in [3.63, 3.8) is 0 Å². The van der Waals surface area contributed by atoms with Crippen molar-refractivity contribution in [2.45, 2.75) is 32.9 Å². The minimum atomic E-state index is -0.191. The molecule has 0 N–H and O–H groups in total. The predicted octanol–water partition coefficient (Wildman–Crippen LogP) is 2.82. The van der Waals surface area contributed by atoms with Crippen LogP contribution in [0.15, 0.2) is 29.3 Å². The number of benzene rings is 1. The van der Waals surface area contributed by atoms with Gasteiger partial charge in [-0.2, -0.15) is 0 Å². The zero-order chi connectivity index (χ0) is 14.0. The average molecular weight is 372 g/mol. The summed E-state index contributed by atoms with van der Waals surface area (Å²) in [6.45, 7) is 7.01. The number of halogens is 1. The molecule has 0 saturated carbocycles. The molecule has 19 heavy (non-hydrogen) atoms. The second-order valence-electron chi connectivity index (χ2n) is 5.37. The van der Waals surface area contributed by atoms with E-state index in [4.69, 9.17) is 4.74 Å². The first-order chi connectivity index (χ1) is 8.87. The van der Waals surface area contributed by atoms with Crippen molar-refractivity contribution in [3.8, 4) is 0 Å². The lowest BCUT2D eigenvalue weighted by molar-refractivity contribution is -0.00716. The second kappa shape index (κ2) is 5.58. The Morgan fingerprint density at radius 1 is 1.37 bits per heavy atom. The van der Waals surface area contributed by atoms with E-state index in [9.17, 15) is 4.79 Å². The van der Waals surface area contributed by atoms with Crippen molar-refractivity contribution >= 4 is 33.5 Å². The van der Waals surface area contributed by atoms with Gasteiger partial charge in [0, 0.05) is 3.57 Å². The Balaban J connectivity index is 2.25. The van der Waals surface area contributed by atoms with Crippen molar-refractivity contribution in [3.05, 3.63) is 38.5 Å². The van der Waals surface area contributed by atoms with Crippen LogP contribution in [-0.2, 0) is 11.3 Å². The molecular weight excluding hydrogens is 355 g/mol. The number of nitrogens with zero attached hydrogens (tertiary/aromatic N) is 2. The van der Waals surface area contributed by atoms with Gasteiger partial charge in [0.2, 0.25) is 0 Å². The molecule has 1 aromatic carbocycles. The third-order valence-electron chi connectivity index (χ3n) is 2.65. The van der Waals surface area contributed by atoms with Gasteiger partial charge < -0.3 is 4.74 Å². The van der Waals surface area contributed by atoms with Gasteiger partial charge in [0.15, 0.2) is 0 Å². The molecule has 2 rings (SSSR count). The van der Waals surface area contributed by atoms with Gasteiger partial charge in [0.25, 0.3) is 5.56 Å². The van der Waals surface area contributed by atoms with E-state index in [1.54, 1.807) is 10.9 Å². The number of hydrogen-bond acceptors (Lipinski definition) is 3. The smallest absolute Gasteiger partial charge is 0.261 e. The summed E-state index contributed by atoms with van der Waals surface area (Å²) in [6, 6.07) is 5.68. The molecule has 0 atom stereocenters. The van der Waals surface area contributed by atoms with Crippen molar-refractivity contribution in [2.24, 2.45) is 0 Å². The predicted molar refractivity (Wildman–Crippen MR) is 84.4 cm³/mol. The monoisotopic (exact) mass is 372 g/mol. The summed E-state index contributed by atoms with van der Waals surface area (Å²) >= 11 is 2.19. The lowest BCUT2D eigenvalue weighted by atomic mass is 10.2. The van der Waals surface area contributed by atoms with Crippen molar-refractivity contribution in [1.82, 2.24) is 9.55 Å². The van der Waals surface area contributed by atoms with E-state index in [1.807, 2.05) is 39.0 Å². The highest BCUT2D eigenvalue weighted by molar-refractivity contribution is 14.1. The Kier molecular flexibility index (Phi) is 4.25. The maximum atomic E-state index is 12.3. The molecule has 4 nitrogen and oxygen atoms in total. The van der Waals surface area contributed by atoms with Crippen LogP contribution < -0.4 is 5.56 Å². The summed E-state index contributed by atoms with van der Waals surface area (Å²) in [7, 11) is 0. The normalized spacial score (nSPS) is 12.0. The lowest BCUT2D eigenvalue weighted by Crippen LogP contribution is -2.26. The highest BCUT2D eigenvalue weighted by Crippen LogP contribution is 2.12. The third kappa shape index (κ3) is 3.76. The fraction of sp³-hybridized carbons (Fsp3) is 0.429. The third-order valence-corrected chi connectivity index (χ3v) is 3.32. The Morgan fingerprint density at radius 2 is 2.11 bits per heavy atom. The van der Waals surface area contributed by atoms with E-state index in [-0.39, 0.29) is 11.2 Å². The summed E-state index contributed by atoms with van der Waals surface area (Å²) in [6.07, 6.45) is 1.59. The first kappa shape index (κ1) is 14.5. The topological polar surface area (TPSA) is 44.1 Å². The van der Waals surface area contributed by atoms with Gasteiger partial charge in [-0.25, -0.2) is 4.98 Å². The molecule has 0 aliphatic rings. The van der Waals surface area contributed by atoms with Crippen LogP contribution in [0, 0.1) is 3.57 Å². The molecule has 0 aliphatic heterocycles. The van der Waals surface area contributed by atoms with E-state index < -0.39 is 0 Å². The zero-order valence-corrected chi connectivity index (χ0v) is 13.5. The van der Waals surface area contributed by atoms with Crippen LogP contribution in [-0.4, -0.2) is 21.8 Å². The number of aromatic nitrogens is 2. The van der Waals surface area contributed by atoms with Crippen LogP contribution in [0.4, 0.5) is 0 Å². The molecule has 0 unspecified atom stereocenters. The molecule has 0 aliphatic carbocycles. The molecule has 0 saturated heterocycles. The van der Waals surface area contributed by atoms with Crippen LogP contribution in [0.25, 0.3) is 10.9 Å². The molecule has 102 valence electrons. The van der Waals surface area contributed by atoms with Crippen LogP contribution in [0.1, 0.15) is 20.8 Å². The van der Waals surface area contributed by atoms with E-state index in [1.165, 1.54) is 0 Å². The Labute approximate surface area is 125 Å².